The van der Waals surface area contributed by atoms with Crippen LogP contribution in [0.2, 0.25) is 5.02 Å². The second-order valence-corrected chi connectivity index (χ2v) is 6.97. The molecule has 1 N–H and O–H groups in total. The molecule has 0 heterocycles. The molecule has 2 aromatic rings. The van der Waals surface area contributed by atoms with Gasteiger partial charge in [-0.3, -0.25) is 4.72 Å². The summed E-state index contributed by atoms with van der Waals surface area (Å²) in [6, 6.07) is 10.4. The predicted octanol–water partition coefficient (Wildman–Crippen LogP) is 4.07. The number of benzene rings is 2. The Morgan fingerprint density at radius 1 is 0.900 bits per heavy atom. The van der Waals surface area contributed by atoms with Gasteiger partial charge in [-0.2, -0.15) is 0 Å². The maximum Gasteiger partial charge on any atom is 0.263 e. The summed E-state index contributed by atoms with van der Waals surface area (Å²) < 4.78 is 27.3. The Bertz CT molecular complexity index is 734. The molecular weight excluding hydrogens is 294 g/mol. The van der Waals surface area contributed by atoms with Crippen LogP contribution < -0.4 is 4.72 Å². The van der Waals surface area contributed by atoms with E-state index in [9.17, 15) is 8.42 Å². The maximum absolute atomic E-state index is 12.4. The van der Waals surface area contributed by atoms with Crippen molar-refractivity contribution < 1.29 is 8.42 Å². The van der Waals surface area contributed by atoms with E-state index in [-0.39, 0.29) is 9.92 Å². The predicted molar refractivity (Wildman–Crippen MR) is 82.9 cm³/mol. The van der Waals surface area contributed by atoms with E-state index in [1.807, 2.05) is 26.8 Å². The van der Waals surface area contributed by atoms with Crippen molar-refractivity contribution in [3.8, 4) is 0 Å². The Hall–Kier alpha value is -1.52. The van der Waals surface area contributed by atoms with Crippen molar-refractivity contribution in [3.05, 3.63) is 58.1 Å². The highest BCUT2D eigenvalue weighted by atomic mass is 35.5. The molecule has 0 saturated carbocycles. The average Bonchev–Trinajstić information content (AvgIpc) is 2.25. The third-order valence-electron chi connectivity index (χ3n) is 2.85. The fourth-order valence-corrected chi connectivity index (χ4v) is 3.71. The fraction of sp³-hybridized carbons (Fsp3) is 0.200. The van der Waals surface area contributed by atoms with Crippen LogP contribution in [0.25, 0.3) is 0 Å². The lowest BCUT2D eigenvalue weighted by Crippen LogP contribution is -2.13. The number of sulfonamides is 1. The molecular formula is C15H16ClNO2S. The Morgan fingerprint density at radius 2 is 1.50 bits per heavy atom. The van der Waals surface area contributed by atoms with Crippen LogP contribution in [-0.4, -0.2) is 8.42 Å². The molecule has 0 radical (unpaired) electrons. The molecule has 0 bridgehead atoms. The van der Waals surface area contributed by atoms with Gasteiger partial charge in [0.2, 0.25) is 0 Å². The molecule has 0 aromatic heterocycles. The molecule has 2 aromatic carbocycles. The van der Waals surface area contributed by atoms with Crippen molar-refractivity contribution in [2.75, 3.05) is 4.72 Å². The lowest BCUT2D eigenvalue weighted by Gasteiger charge is -2.11. The van der Waals surface area contributed by atoms with E-state index in [0.717, 1.165) is 16.7 Å². The number of rotatable bonds is 3. The van der Waals surface area contributed by atoms with E-state index in [1.54, 1.807) is 24.3 Å². The second-order valence-electron chi connectivity index (χ2n) is 4.92. The Kier molecular flexibility index (Phi) is 4.06. The lowest BCUT2D eigenvalue weighted by atomic mass is 10.1. The van der Waals surface area contributed by atoms with Crippen LogP contribution in [0.1, 0.15) is 16.7 Å². The van der Waals surface area contributed by atoms with Gasteiger partial charge < -0.3 is 0 Å². The summed E-state index contributed by atoms with van der Waals surface area (Å²) in [7, 11) is -3.68. The number of hydrogen-bond donors (Lipinski definition) is 1. The number of anilines is 1. The van der Waals surface area contributed by atoms with Crippen molar-refractivity contribution in [3.63, 3.8) is 0 Å². The molecule has 0 aliphatic rings. The first-order chi connectivity index (χ1) is 9.28. The number of aryl methyl sites for hydroxylation is 3. The third kappa shape index (κ3) is 3.32. The van der Waals surface area contributed by atoms with Gasteiger partial charge in [-0.05, 0) is 61.7 Å². The van der Waals surface area contributed by atoms with E-state index < -0.39 is 10.0 Å². The van der Waals surface area contributed by atoms with Crippen LogP contribution in [0.3, 0.4) is 0 Å². The van der Waals surface area contributed by atoms with E-state index in [4.69, 9.17) is 11.6 Å². The summed E-state index contributed by atoms with van der Waals surface area (Å²) in [6.45, 7) is 5.70. The second kappa shape index (κ2) is 5.46. The van der Waals surface area contributed by atoms with Gasteiger partial charge in [0.1, 0.15) is 4.90 Å². The first kappa shape index (κ1) is 14.9. The van der Waals surface area contributed by atoms with Crippen LogP contribution in [0.15, 0.2) is 41.3 Å². The van der Waals surface area contributed by atoms with Gasteiger partial charge in [0.05, 0.1) is 5.02 Å². The van der Waals surface area contributed by atoms with Crippen LogP contribution in [0.4, 0.5) is 5.69 Å². The number of nitrogens with one attached hydrogen (secondary N) is 1. The van der Waals surface area contributed by atoms with Crippen molar-refractivity contribution in [2.24, 2.45) is 0 Å². The first-order valence-corrected chi connectivity index (χ1v) is 8.01. The van der Waals surface area contributed by atoms with Crippen molar-refractivity contribution in [1.82, 2.24) is 0 Å². The molecule has 20 heavy (non-hydrogen) atoms. The molecule has 0 saturated heterocycles. The molecule has 106 valence electrons. The molecule has 5 heteroatoms. The molecule has 0 amide bonds. The van der Waals surface area contributed by atoms with Gasteiger partial charge in [-0.15, -0.1) is 0 Å². The molecule has 0 fully saturated rings. The third-order valence-corrected chi connectivity index (χ3v) is 4.72. The zero-order valence-electron chi connectivity index (χ0n) is 11.6. The highest BCUT2D eigenvalue weighted by Gasteiger charge is 2.18. The minimum atomic E-state index is -3.68. The zero-order valence-corrected chi connectivity index (χ0v) is 13.1. The van der Waals surface area contributed by atoms with Crippen molar-refractivity contribution >= 4 is 27.3 Å². The summed E-state index contributed by atoms with van der Waals surface area (Å²) in [6.07, 6.45) is 0. The van der Waals surface area contributed by atoms with Gasteiger partial charge in [-0.25, -0.2) is 8.42 Å². The van der Waals surface area contributed by atoms with E-state index in [2.05, 4.69) is 4.72 Å². The minimum Gasteiger partial charge on any atom is -0.280 e. The van der Waals surface area contributed by atoms with E-state index in [0.29, 0.717) is 5.69 Å². The molecule has 0 aliphatic heterocycles. The van der Waals surface area contributed by atoms with Crippen LogP contribution in [0.5, 0.6) is 0 Å². The Labute approximate surface area is 124 Å². The summed E-state index contributed by atoms with van der Waals surface area (Å²) in [5.74, 6) is 0. The molecule has 0 atom stereocenters. The minimum absolute atomic E-state index is 0.0870. The van der Waals surface area contributed by atoms with Gasteiger partial charge in [-0.1, -0.05) is 23.7 Å². The highest BCUT2D eigenvalue weighted by Crippen LogP contribution is 2.25. The highest BCUT2D eigenvalue weighted by molar-refractivity contribution is 7.92. The first-order valence-electron chi connectivity index (χ1n) is 6.15. The number of hydrogen-bond acceptors (Lipinski definition) is 2. The molecule has 0 unspecified atom stereocenters. The average molecular weight is 310 g/mol. The standard InChI is InChI=1S/C15H16ClNO2S/c1-10-4-5-15(14(16)9-10)20(18,19)17-13-7-11(2)6-12(3)8-13/h4-9,17H,1-3H3. The number of halogens is 1. The van der Waals surface area contributed by atoms with E-state index in [1.165, 1.54) is 6.07 Å². The largest absolute Gasteiger partial charge is 0.280 e. The van der Waals surface area contributed by atoms with Crippen LogP contribution in [-0.2, 0) is 10.0 Å². The Morgan fingerprint density at radius 3 is 2.05 bits per heavy atom. The van der Waals surface area contributed by atoms with Gasteiger partial charge in [0, 0.05) is 5.69 Å². The monoisotopic (exact) mass is 309 g/mol. The summed E-state index contributed by atoms with van der Waals surface area (Å²) >= 11 is 6.02. The van der Waals surface area contributed by atoms with Crippen molar-refractivity contribution in [2.45, 2.75) is 25.7 Å². The topological polar surface area (TPSA) is 46.2 Å². The quantitative estimate of drug-likeness (QED) is 0.929. The van der Waals surface area contributed by atoms with Gasteiger partial charge >= 0.3 is 0 Å². The van der Waals surface area contributed by atoms with Crippen LogP contribution in [0, 0.1) is 20.8 Å². The molecule has 0 spiro atoms. The Balaban J connectivity index is 2.40. The zero-order chi connectivity index (χ0) is 14.9. The fourth-order valence-electron chi connectivity index (χ4n) is 2.07. The van der Waals surface area contributed by atoms with Gasteiger partial charge in [0.15, 0.2) is 0 Å². The molecule has 0 aliphatic carbocycles. The van der Waals surface area contributed by atoms with Crippen molar-refractivity contribution in [1.29, 1.82) is 0 Å². The van der Waals surface area contributed by atoms with Crippen LogP contribution >= 0.6 is 11.6 Å². The summed E-state index contributed by atoms with van der Waals surface area (Å²) in [4.78, 5) is 0.0870. The smallest absolute Gasteiger partial charge is 0.263 e. The van der Waals surface area contributed by atoms with Gasteiger partial charge in [0.25, 0.3) is 10.0 Å². The molecule has 3 nitrogen and oxygen atoms in total. The van der Waals surface area contributed by atoms with E-state index >= 15 is 0 Å². The normalized spacial score (nSPS) is 11.4. The maximum atomic E-state index is 12.4. The lowest BCUT2D eigenvalue weighted by molar-refractivity contribution is 0.601. The summed E-state index contributed by atoms with van der Waals surface area (Å²) in [5, 5.41) is 0.224. The summed E-state index contributed by atoms with van der Waals surface area (Å²) in [5.41, 5.74) is 3.45. The SMILES string of the molecule is Cc1cc(C)cc(NS(=O)(=O)c2ccc(C)cc2Cl)c1. The molecule has 2 rings (SSSR count).